The lowest BCUT2D eigenvalue weighted by atomic mass is 10.1. The Labute approximate surface area is 122 Å². The van der Waals surface area contributed by atoms with Gasteiger partial charge in [0.25, 0.3) is 0 Å². The Bertz CT molecular complexity index is 659. The van der Waals surface area contributed by atoms with Crippen molar-refractivity contribution in [3.63, 3.8) is 0 Å². The zero-order chi connectivity index (χ0) is 14.1. The van der Waals surface area contributed by atoms with E-state index in [1.165, 1.54) is 0 Å². The summed E-state index contributed by atoms with van der Waals surface area (Å²) in [6, 6.07) is 5.62. The van der Waals surface area contributed by atoms with Crippen LogP contribution in [0.2, 0.25) is 5.15 Å². The quantitative estimate of drug-likeness (QED) is 0.814. The van der Waals surface area contributed by atoms with Crippen molar-refractivity contribution in [2.75, 3.05) is 14.2 Å². The lowest BCUT2D eigenvalue weighted by Gasteiger charge is -2.10. The van der Waals surface area contributed by atoms with Gasteiger partial charge in [-0.25, -0.2) is 9.97 Å². The van der Waals surface area contributed by atoms with Gasteiger partial charge in [-0.05, 0) is 37.5 Å². The third-order valence-corrected chi connectivity index (χ3v) is 3.84. The summed E-state index contributed by atoms with van der Waals surface area (Å²) in [5.74, 6) is 1.98. The predicted octanol–water partition coefficient (Wildman–Crippen LogP) is 3.30. The molecule has 0 spiro atoms. The number of halogens is 1. The number of hydrogen-bond acceptors (Lipinski definition) is 4. The van der Waals surface area contributed by atoms with Crippen LogP contribution in [0.15, 0.2) is 18.2 Å². The minimum atomic E-state index is 0.567. The largest absolute Gasteiger partial charge is 0.493 e. The van der Waals surface area contributed by atoms with Crippen molar-refractivity contribution < 1.29 is 9.47 Å². The Balaban J connectivity index is 2.07. The van der Waals surface area contributed by atoms with Crippen molar-refractivity contribution in [2.24, 2.45) is 0 Å². The van der Waals surface area contributed by atoms with Gasteiger partial charge >= 0.3 is 0 Å². The van der Waals surface area contributed by atoms with Gasteiger partial charge in [0.1, 0.15) is 5.15 Å². The lowest BCUT2D eigenvalue weighted by Crippen LogP contribution is -1.98. The van der Waals surface area contributed by atoms with Crippen molar-refractivity contribution in [3.8, 4) is 22.9 Å². The average molecular weight is 291 g/mol. The van der Waals surface area contributed by atoms with E-state index in [4.69, 9.17) is 21.1 Å². The lowest BCUT2D eigenvalue weighted by molar-refractivity contribution is 0.355. The fraction of sp³-hybridized carbons (Fsp3) is 0.333. The van der Waals surface area contributed by atoms with E-state index >= 15 is 0 Å². The molecule has 3 rings (SSSR count). The smallest absolute Gasteiger partial charge is 0.161 e. The molecule has 0 radical (unpaired) electrons. The number of ether oxygens (including phenoxy) is 2. The first-order chi connectivity index (χ1) is 9.72. The second-order valence-electron chi connectivity index (χ2n) is 4.69. The van der Waals surface area contributed by atoms with Gasteiger partial charge in [0.05, 0.1) is 14.2 Å². The molecule has 0 saturated heterocycles. The molecule has 4 nitrogen and oxygen atoms in total. The topological polar surface area (TPSA) is 44.2 Å². The molecule has 0 aliphatic heterocycles. The van der Waals surface area contributed by atoms with Crippen LogP contribution in [0, 0.1) is 0 Å². The molecule has 2 aromatic rings. The zero-order valence-electron chi connectivity index (χ0n) is 11.4. The van der Waals surface area contributed by atoms with E-state index in [-0.39, 0.29) is 0 Å². The van der Waals surface area contributed by atoms with Crippen LogP contribution in [-0.2, 0) is 12.8 Å². The second kappa shape index (κ2) is 5.29. The van der Waals surface area contributed by atoms with E-state index in [1.54, 1.807) is 14.2 Å². The van der Waals surface area contributed by atoms with Crippen molar-refractivity contribution in [1.82, 2.24) is 9.97 Å². The Kier molecular flexibility index (Phi) is 3.49. The van der Waals surface area contributed by atoms with Crippen LogP contribution in [0.4, 0.5) is 0 Å². The molecular weight excluding hydrogens is 276 g/mol. The van der Waals surface area contributed by atoms with Crippen LogP contribution in [0.3, 0.4) is 0 Å². The van der Waals surface area contributed by atoms with Crippen LogP contribution in [0.1, 0.15) is 17.7 Å². The molecule has 0 bridgehead atoms. The number of aryl methyl sites for hydroxylation is 1. The summed E-state index contributed by atoms with van der Waals surface area (Å²) in [6.45, 7) is 0. The van der Waals surface area contributed by atoms with Crippen LogP contribution in [0.5, 0.6) is 11.5 Å². The molecule has 0 N–H and O–H groups in total. The average Bonchev–Trinajstić information content (AvgIpc) is 2.95. The van der Waals surface area contributed by atoms with E-state index < -0.39 is 0 Å². The van der Waals surface area contributed by atoms with Crippen molar-refractivity contribution in [1.29, 1.82) is 0 Å². The molecule has 1 heterocycles. The Morgan fingerprint density at radius 2 is 1.85 bits per heavy atom. The maximum atomic E-state index is 6.25. The maximum Gasteiger partial charge on any atom is 0.161 e. The highest BCUT2D eigenvalue weighted by molar-refractivity contribution is 6.30. The Morgan fingerprint density at radius 1 is 1.05 bits per heavy atom. The summed E-state index contributed by atoms with van der Waals surface area (Å²) in [6.07, 6.45) is 3.04. The van der Waals surface area contributed by atoms with Gasteiger partial charge in [0.15, 0.2) is 17.3 Å². The molecular formula is C15H15ClN2O2. The molecule has 0 fully saturated rings. The monoisotopic (exact) mass is 290 g/mol. The van der Waals surface area contributed by atoms with Gasteiger partial charge in [0, 0.05) is 16.8 Å². The highest BCUT2D eigenvalue weighted by atomic mass is 35.5. The first-order valence-corrected chi connectivity index (χ1v) is 6.88. The number of methoxy groups -OCH3 is 2. The van der Waals surface area contributed by atoms with E-state index in [2.05, 4.69) is 9.97 Å². The van der Waals surface area contributed by atoms with Crippen molar-refractivity contribution in [2.45, 2.75) is 19.3 Å². The van der Waals surface area contributed by atoms with E-state index in [1.807, 2.05) is 18.2 Å². The van der Waals surface area contributed by atoms with Crippen LogP contribution >= 0.6 is 11.6 Å². The summed E-state index contributed by atoms with van der Waals surface area (Å²) in [5.41, 5.74) is 3.03. The first kappa shape index (κ1) is 13.2. The highest BCUT2D eigenvalue weighted by Crippen LogP contribution is 2.33. The molecule has 0 atom stereocenters. The summed E-state index contributed by atoms with van der Waals surface area (Å²) < 4.78 is 10.5. The van der Waals surface area contributed by atoms with Crippen LogP contribution in [0.25, 0.3) is 11.4 Å². The number of hydrogen-bond donors (Lipinski definition) is 0. The molecule has 20 heavy (non-hydrogen) atoms. The molecule has 1 aromatic heterocycles. The van der Waals surface area contributed by atoms with Gasteiger partial charge in [0.2, 0.25) is 0 Å². The molecule has 0 amide bonds. The molecule has 5 heteroatoms. The van der Waals surface area contributed by atoms with Gasteiger partial charge in [-0.1, -0.05) is 11.6 Å². The van der Waals surface area contributed by atoms with Gasteiger partial charge < -0.3 is 9.47 Å². The summed E-state index contributed by atoms with van der Waals surface area (Å²) in [7, 11) is 3.22. The molecule has 104 valence electrons. The first-order valence-electron chi connectivity index (χ1n) is 6.50. The highest BCUT2D eigenvalue weighted by Gasteiger charge is 2.19. The van der Waals surface area contributed by atoms with E-state index in [9.17, 15) is 0 Å². The standard InChI is InChI=1S/C15H15ClN2O2/c1-19-12-7-6-9(8-13(12)20-2)15-17-11-5-3-4-10(11)14(16)18-15/h6-8H,3-5H2,1-2H3. The maximum absolute atomic E-state index is 6.25. The number of fused-ring (bicyclic) bond motifs is 1. The summed E-state index contributed by atoms with van der Waals surface area (Å²) in [4.78, 5) is 9.03. The zero-order valence-corrected chi connectivity index (χ0v) is 12.2. The Morgan fingerprint density at radius 3 is 2.60 bits per heavy atom. The van der Waals surface area contributed by atoms with Gasteiger partial charge in [-0.15, -0.1) is 0 Å². The predicted molar refractivity (Wildman–Crippen MR) is 77.6 cm³/mol. The SMILES string of the molecule is COc1ccc(-c2nc(Cl)c3c(n2)CCC3)cc1OC. The third kappa shape index (κ3) is 2.20. The van der Waals surface area contributed by atoms with Gasteiger partial charge in [-0.2, -0.15) is 0 Å². The van der Waals surface area contributed by atoms with Crippen LogP contribution in [-0.4, -0.2) is 24.2 Å². The number of nitrogens with zero attached hydrogens (tertiary/aromatic N) is 2. The van der Waals surface area contributed by atoms with E-state index in [0.29, 0.717) is 22.5 Å². The second-order valence-corrected chi connectivity index (χ2v) is 5.04. The number of aromatic nitrogens is 2. The molecule has 1 aliphatic rings. The minimum absolute atomic E-state index is 0.567. The number of rotatable bonds is 3. The van der Waals surface area contributed by atoms with E-state index in [0.717, 1.165) is 36.1 Å². The third-order valence-electron chi connectivity index (χ3n) is 3.52. The number of benzene rings is 1. The van der Waals surface area contributed by atoms with Crippen LogP contribution < -0.4 is 9.47 Å². The van der Waals surface area contributed by atoms with Gasteiger partial charge in [-0.3, -0.25) is 0 Å². The summed E-state index contributed by atoms with van der Waals surface area (Å²) >= 11 is 6.25. The Hall–Kier alpha value is -1.81. The fourth-order valence-electron chi connectivity index (χ4n) is 2.49. The fourth-order valence-corrected chi connectivity index (χ4v) is 2.77. The molecule has 1 aliphatic carbocycles. The molecule has 0 saturated carbocycles. The van der Waals surface area contributed by atoms with Crippen molar-refractivity contribution >= 4 is 11.6 Å². The summed E-state index contributed by atoms with van der Waals surface area (Å²) in [5, 5.41) is 0.567. The molecule has 1 aromatic carbocycles. The molecule has 0 unspecified atom stereocenters. The van der Waals surface area contributed by atoms with Crippen molar-refractivity contribution in [3.05, 3.63) is 34.6 Å². The normalized spacial score (nSPS) is 13.2. The minimum Gasteiger partial charge on any atom is -0.493 e.